The van der Waals surface area contributed by atoms with E-state index < -0.39 is 6.04 Å². The molecule has 1 saturated heterocycles. The average Bonchev–Trinajstić information content (AvgIpc) is 3.61. The SMILES string of the molecule is COc1ccc(CN2C(=O)CCC(N3Cc4cc(-c5cc(-c6cccc(OC)n6)[nH]n5)ccc4C3=O)C2=O)cc1. The number of carbonyl (C=O) groups excluding carboxylic acids is 3. The minimum atomic E-state index is -0.699. The second-order valence-electron chi connectivity index (χ2n) is 9.76. The second-order valence-corrected chi connectivity index (χ2v) is 9.76. The van der Waals surface area contributed by atoms with E-state index in [1.807, 2.05) is 42.5 Å². The van der Waals surface area contributed by atoms with Gasteiger partial charge in [0.05, 0.1) is 37.8 Å². The van der Waals surface area contributed by atoms with E-state index in [0.717, 1.165) is 22.4 Å². The molecule has 0 aliphatic carbocycles. The molecule has 40 heavy (non-hydrogen) atoms. The van der Waals surface area contributed by atoms with E-state index in [2.05, 4.69) is 15.2 Å². The third-order valence-corrected chi connectivity index (χ3v) is 7.38. The van der Waals surface area contributed by atoms with Gasteiger partial charge in [0.2, 0.25) is 11.8 Å². The highest BCUT2D eigenvalue weighted by molar-refractivity contribution is 6.05. The Hall–Kier alpha value is -4.99. The summed E-state index contributed by atoms with van der Waals surface area (Å²) in [6, 6.07) is 19.5. The third-order valence-electron chi connectivity index (χ3n) is 7.38. The van der Waals surface area contributed by atoms with Crippen LogP contribution >= 0.6 is 0 Å². The lowest BCUT2D eigenvalue weighted by molar-refractivity contribution is -0.153. The van der Waals surface area contributed by atoms with Crippen LogP contribution in [0.5, 0.6) is 11.6 Å². The number of fused-ring (bicyclic) bond motifs is 1. The predicted octanol–water partition coefficient (Wildman–Crippen LogP) is 3.83. The number of imide groups is 1. The van der Waals surface area contributed by atoms with Crippen molar-refractivity contribution in [2.24, 2.45) is 0 Å². The number of hydrogen-bond acceptors (Lipinski definition) is 7. The molecular formula is C30H27N5O5. The van der Waals surface area contributed by atoms with Gasteiger partial charge in [0.25, 0.3) is 11.8 Å². The van der Waals surface area contributed by atoms with Gasteiger partial charge in [0.1, 0.15) is 11.8 Å². The highest BCUT2D eigenvalue weighted by Gasteiger charge is 2.42. The number of nitrogens with one attached hydrogen (secondary N) is 1. The van der Waals surface area contributed by atoms with Crippen LogP contribution in [0.4, 0.5) is 0 Å². The van der Waals surface area contributed by atoms with E-state index in [-0.39, 0.29) is 37.2 Å². The zero-order valence-corrected chi connectivity index (χ0v) is 22.1. The number of hydrogen-bond donors (Lipinski definition) is 1. The summed E-state index contributed by atoms with van der Waals surface area (Å²) in [6.45, 7) is 0.443. The van der Waals surface area contributed by atoms with Gasteiger partial charge in [-0.05, 0) is 53.9 Å². The molecule has 0 bridgehead atoms. The number of likely N-dealkylation sites (tertiary alicyclic amines) is 1. The third kappa shape index (κ3) is 4.57. The van der Waals surface area contributed by atoms with Crippen LogP contribution in [-0.4, -0.2) is 63.0 Å². The number of nitrogens with zero attached hydrogens (tertiary/aromatic N) is 4. The molecule has 6 rings (SSSR count). The first-order valence-corrected chi connectivity index (χ1v) is 12.9. The van der Waals surface area contributed by atoms with Gasteiger partial charge in [-0.1, -0.05) is 24.3 Å². The van der Waals surface area contributed by atoms with Gasteiger partial charge in [0, 0.05) is 30.2 Å². The zero-order chi connectivity index (χ0) is 27.8. The smallest absolute Gasteiger partial charge is 0.255 e. The van der Waals surface area contributed by atoms with Gasteiger partial charge in [-0.3, -0.25) is 24.4 Å². The number of aromatic amines is 1. The van der Waals surface area contributed by atoms with Crippen molar-refractivity contribution in [1.82, 2.24) is 25.0 Å². The van der Waals surface area contributed by atoms with Gasteiger partial charge < -0.3 is 14.4 Å². The molecule has 2 aliphatic rings. The summed E-state index contributed by atoms with van der Waals surface area (Å²) in [5.74, 6) is 0.411. The maximum absolute atomic E-state index is 13.5. The number of piperidine rings is 1. The monoisotopic (exact) mass is 537 g/mol. The first-order chi connectivity index (χ1) is 19.4. The number of H-pyrrole nitrogens is 1. The van der Waals surface area contributed by atoms with Crippen molar-refractivity contribution < 1.29 is 23.9 Å². The van der Waals surface area contributed by atoms with E-state index in [0.29, 0.717) is 35.0 Å². The molecule has 1 unspecified atom stereocenters. The largest absolute Gasteiger partial charge is 0.497 e. The maximum atomic E-state index is 13.5. The van der Waals surface area contributed by atoms with Crippen molar-refractivity contribution in [3.05, 3.63) is 83.4 Å². The first kappa shape index (κ1) is 25.3. The molecule has 1 atom stereocenters. The molecule has 1 N–H and O–H groups in total. The average molecular weight is 538 g/mol. The van der Waals surface area contributed by atoms with E-state index >= 15 is 0 Å². The molecule has 2 aromatic carbocycles. The fraction of sp³-hybridized carbons (Fsp3) is 0.233. The summed E-state index contributed by atoms with van der Waals surface area (Å²) in [7, 11) is 3.15. The molecule has 1 fully saturated rings. The van der Waals surface area contributed by atoms with Crippen molar-refractivity contribution in [2.75, 3.05) is 14.2 Å². The molecule has 3 amide bonds. The number of carbonyl (C=O) groups is 3. The topological polar surface area (TPSA) is 118 Å². The summed E-state index contributed by atoms with van der Waals surface area (Å²) in [6.07, 6.45) is 0.506. The van der Waals surface area contributed by atoms with Crippen LogP contribution in [0, 0.1) is 0 Å². The van der Waals surface area contributed by atoms with Crippen molar-refractivity contribution in [2.45, 2.75) is 32.0 Å². The van der Waals surface area contributed by atoms with Crippen LogP contribution in [0.3, 0.4) is 0 Å². The normalized spacial score (nSPS) is 16.9. The van der Waals surface area contributed by atoms with Crippen LogP contribution in [-0.2, 0) is 22.7 Å². The quantitative estimate of drug-likeness (QED) is 0.356. The molecule has 2 aromatic heterocycles. The zero-order valence-electron chi connectivity index (χ0n) is 22.1. The molecule has 10 nitrogen and oxygen atoms in total. The Kier molecular flexibility index (Phi) is 6.51. The van der Waals surface area contributed by atoms with Crippen molar-refractivity contribution in [1.29, 1.82) is 0 Å². The van der Waals surface area contributed by atoms with Gasteiger partial charge in [-0.2, -0.15) is 5.10 Å². The van der Waals surface area contributed by atoms with Gasteiger partial charge >= 0.3 is 0 Å². The predicted molar refractivity (Wildman–Crippen MR) is 145 cm³/mol. The molecule has 0 saturated carbocycles. The Balaban J connectivity index is 1.20. The van der Waals surface area contributed by atoms with Crippen LogP contribution in [0.1, 0.15) is 34.3 Å². The minimum Gasteiger partial charge on any atom is -0.497 e. The van der Waals surface area contributed by atoms with Crippen LogP contribution in [0.25, 0.3) is 22.6 Å². The highest BCUT2D eigenvalue weighted by atomic mass is 16.5. The number of methoxy groups -OCH3 is 2. The Morgan fingerprint density at radius 2 is 1.77 bits per heavy atom. The maximum Gasteiger partial charge on any atom is 0.255 e. The molecule has 2 aliphatic heterocycles. The lowest BCUT2D eigenvalue weighted by atomic mass is 10.0. The van der Waals surface area contributed by atoms with Crippen molar-refractivity contribution in [3.8, 4) is 34.3 Å². The van der Waals surface area contributed by atoms with Gasteiger partial charge in [-0.25, -0.2) is 4.98 Å². The molecule has 0 radical (unpaired) electrons. The lowest BCUT2D eigenvalue weighted by Gasteiger charge is -2.35. The number of benzene rings is 2. The van der Waals surface area contributed by atoms with Gasteiger partial charge in [-0.15, -0.1) is 0 Å². The number of aromatic nitrogens is 3. The van der Waals surface area contributed by atoms with Crippen LogP contribution in [0.15, 0.2) is 66.7 Å². The molecular weight excluding hydrogens is 510 g/mol. The number of amides is 3. The van der Waals surface area contributed by atoms with Crippen LogP contribution in [0.2, 0.25) is 0 Å². The fourth-order valence-corrected chi connectivity index (χ4v) is 5.22. The lowest BCUT2D eigenvalue weighted by Crippen LogP contribution is -2.54. The van der Waals surface area contributed by atoms with Gasteiger partial charge in [0.15, 0.2) is 0 Å². The molecule has 4 heterocycles. The van der Waals surface area contributed by atoms with E-state index in [1.165, 1.54) is 4.90 Å². The van der Waals surface area contributed by atoms with E-state index in [9.17, 15) is 14.4 Å². The van der Waals surface area contributed by atoms with Crippen molar-refractivity contribution in [3.63, 3.8) is 0 Å². The summed E-state index contributed by atoms with van der Waals surface area (Å²) in [5.41, 5.74) is 5.17. The first-order valence-electron chi connectivity index (χ1n) is 12.9. The van der Waals surface area contributed by atoms with E-state index in [4.69, 9.17) is 9.47 Å². The van der Waals surface area contributed by atoms with Crippen molar-refractivity contribution >= 4 is 17.7 Å². The Bertz CT molecular complexity index is 1610. The van der Waals surface area contributed by atoms with Crippen LogP contribution < -0.4 is 9.47 Å². The summed E-state index contributed by atoms with van der Waals surface area (Å²) < 4.78 is 10.4. The summed E-state index contributed by atoms with van der Waals surface area (Å²) >= 11 is 0. The van der Waals surface area contributed by atoms with E-state index in [1.54, 1.807) is 43.4 Å². The summed E-state index contributed by atoms with van der Waals surface area (Å²) in [4.78, 5) is 46.8. The number of pyridine rings is 1. The Morgan fingerprint density at radius 1 is 0.950 bits per heavy atom. The minimum absolute atomic E-state index is 0.154. The number of rotatable bonds is 7. The molecule has 10 heteroatoms. The standard InChI is InChI=1S/C30H27N5O5/c1-39-21-9-6-18(7-10-21)16-35-28(36)13-12-26(30(35)38)34-17-20-14-19(8-11-22(20)29(34)37)24-15-25(33-32-24)23-4-3-5-27(31-23)40-2/h3-11,14-15,26H,12-13,16-17H2,1-2H3,(H,32,33). The number of ether oxygens (including phenoxy) is 2. The molecule has 0 spiro atoms. The highest BCUT2D eigenvalue weighted by Crippen LogP contribution is 2.33. The Labute approximate surface area is 230 Å². The summed E-state index contributed by atoms with van der Waals surface area (Å²) in [5, 5.41) is 7.46. The second kappa shape index (κ2) is 10.3. The molecule has 4 aromatic rings. The fourth-order valence-electron chi connectivity index (χ4n) is 5.22. The molecule has 202 valence electrons. The Morgan fingerprint density at radius 3 is 2.55 bits per heavy atom.